The standard InChI is InChI=1S/C20H19N5O3S/c1-3-10-24-18(27)14-7-4-5-8-15(14)25-19(24)22-23-20(25)29-12-17(26)21-13(2)16-9-6-11-28-16/h3-9,11,13H,1,10,12H2,2H3,(H,21,26). The molecule has 1 amide bonds. The molecular formula is C20H19N5O3S. The number of allylic oxidation sites excluding steroid dienone is 1. The highest BCUT2D eigenvalue weighted by Gasteiger charge is 2.18. The minimum atomic E-state index is -0.230. The van der Waals surface area contributed by atoms with E-state index in [0.29, 0.717) is 34.1 Å². The van der Waals surface area contributed by atoms with Gasteiger partial charge < -0.3 is 9.73 Å². The monoisotopic (exact) mass is 409 g/mol. The van der Waals surface area contributed by atoms with Crippen LogP contribution in [0.1, 0.15) is 18.7 Å². The fraction of sp³-hybridized carbons (Fsp3) is 0.200. The number of para-hydroxylation sites is 1. The molecule has 148 valence electrons. The van der Waals surface area contributed by atoms with Crippen LogP contribution in [0.25, 0.3) is 16.7 Å². The summed E-state index contributed by atoms with van der Waals surface area (Å²) in [7, 11) is 0. The molecule has 1 N–H and O–H groups in total. The molecule has 0 saturated carbocycles. The van der Waals surface area contributed by atoms with E-state index in [-0.39, 0.29) is 23.3 Å². The number of aromatic nitrogens is 4. The quantitative estimate of drug-likeness (QED) is 0.373. The lowest BCUT2D eigenvalue weighted by Gasteiger charge is -2.11. The Kier molecular flexibility index (Phi) is 5.22. The molecular weight excluding hydrogens is 390 g/mol. The Morgan fingerprint density at radius 3 is 2.90 bits per heavy atom. The van der Waals surface area contributed by atoms with Crippen molar-refractivity contribution in [1.29, 1.82) is 0 Å². The summed E-state index contributed by atoms with van der Waals surface area (Å²) in [4.78, 5) is 25.2. The summed E-state index contributed by atoms with van der Waals surface area (Å²) in [6, 6.07) is 10.6. The number of rotatable bonds is 7. The molecule has 3 heterocycles. The predicted octanol–water partition coefficient (Wildman–Crippen LogP) is 2.79. The number of carbonyl (C=O) groups excluding carboxylic acids is 1. The SMILES string of the molecule is C=CCn1c(=O)c2ccccc2n2c(SCC(=O)NC(C)c3ccco3)nnc12. The second-order valence-corrected chi connectivity index (χ2v) is 7.38. The Morgan fingerprint density at radius 1 is 1.31 bits per heavy atom. The zero-order valence-electron chi connectivity index (χ0n) is 15.7. The summed E-state index contributed by atoms with van der Waals surface area (Å²) in [5, 5.41) is 12.4. The van der Waals surface area contributed by atoms with Crippen molar-refractivity contribution in [3.8, 4) is 0 Å². The van der Waals surface area contributed by atoms with Gasteiger partial charge in [0.1, 0.15) is 5.76 Å². The van der Waals surface area contributed by atoms with E-state index in [9.17, 15) is 9.59 Å². The lowest BCUT2D eigenvalue weighted by Crippen LogP contribution is -2.28. The smallest absolute Gasteiger partial charge is 0.263 e. The van der Waals surface area contributed by atoms with Gasteiger partial charge in [-0.15, -0.1) is 16.8 Å². The molecule has 1 aromatic carbocycles. The molecule has 0 bridgehead atoms. The zero-order valence-corrected chi connectivity index (χ0v) is 16.6. The third-order valence-corrected chi connectivity index (χ3v) is 5.40. The lowest BCUT2D eigenvalue weighted by molar-refractivity contribution is -0.119. The number of benzene rings is 1. The van der Waals surface area contributed by atoms with Crippen molar-refractivity contribution < 1.29 is 9.21 Å². The molecule has 4 aromatic rings. The molecule has 0 aliphatic rings. The molecule has 0 saturated heterocycles. The maximum Gasteiger partial charge on any atom is 0.263 e. The van der Waals surface area contributed by atoms with Gasteiger partial charge in [-0.2, -0.15) is 0 Å². The Bertz CT molecular complexity index is 1240. The van der Waals surface area contributed by atoms with Crippen molar-refractivity contribution in [1.82, 2.24) is 24.5 Å². The van der Waals surface area contributed by atoms with E-state index in [2.05, 4.69) is 22.1 Å². The Morgan fingerprint density at radius 2 is 2.14 bits per heavy atom. The van der Waals surface area contributed by atoms with Crippen molar-refractivity contribution in [2.75, 3.05) is 5.75 Å². The summed E-state index contributed by atoms with van der Waals surface area (Å²) in [5.41, 5.74) is 0.548. The van der Waals surface area contributed by atoms with Crippen molar-refractivity contribution in [3.63, 3.8) is 0 Å². The lowest BCUT2D eigenvalue weighted by atomic mass is 10.2. The van der Waals surface area contributed by atoms with E-state index in [0.717, 1.165) is 0 Å². The first kappa shape index (κ1) is 19.0. The maximum atomic E-state index is 12.8. The number of carbonyl (C=O) groups is 1. The highest BCUT2D eigenvalue weighted by atomic mass is 32.2. The van der Waals surface area contributed by atoms with Gasteiger partial charge in [0.05, 0.1) is 29.0 Å². The molecule has 0 fully saturated rings. The Balaban J connectivity index is 1.64. The molecule has 0 spiro atoms. The molecule has 8 nitrogen and oxygen atoms in total. The van der Waals surface area contributed by atoms with Crippen molar-refractivity contribution >= 4 is 34.3 Å². The number of hydrogen-bond acceptors (Lipinski definition) is 6. The number of nitrogens with one attached hydrogen (secondary N) is 1. The van der Waals surface area contributed by atoms with Crippen LogP contribution in [-0.2, 0) is 11.3 Å². The first-order valence-corrected chi connectivity index (χ1v) is 10.0. The third kappa shape index (κ3) is 3.56. The first-order chi connectivity index (χ1) is 14.1. The van der Waals surface area contributed by atoms with E-state index in [1.807, 2.05) is 31.2 Å². The molecule has 1 unspecified atom stereocenters. The van der Waals surface area contributed by atoms with Crippen LogP contribution in [-0.4, -0.2) is 30.8 Å². The molecule has 0 aliphatic carbocycles. The highest BCUT2D eigenvalue weighted by Crippen LogP contribution is 2.22. The summed E-state index contributed by atoms with van der Waals surface area (Å²) in [6.07, 6.45) is 3.21. The topological polar surface area (TPSA) is 94.4 Å². The second kappa shape index (κ2) is 7.96. The van der Waals surface area contributed by atoms with Gasteiger partial charge in [0.25, 0.3) is 5.56 Å². The van der Waals surface area contributed by atoms with Gasteiger partial charge in [-0.3, -0.25) is 18.6 Å². The van der Waals surface area contributed by atoms with Crippen LogP contribution >= 0.6 is 11.8 Å². The summed E-state index contributed by atoms with van der Waals surface area (Å²) in [6.45, 7) is 5.89. The molecule has 0 aliphatic heterocycles. The van der Waals surface area contributed by atoms with Crippen LogP contribution in [0.15, 0.2) is 69.7 Å². The van der Waals surface area contributed by atoms with Crippen LogP contribution in [0.4, 0.5) is 0 Å². The van der Waals surface area contributed by atoms with E-state index in [1.54, 1.807) is 28.9 Å². The van der Waals surface area contributed by atoms with Crippen LogP contribution in [0, 0.1) is 0 Å². The van der Waals surface area contributed by atoms with Crippen molar-refractivity contribution in [2.24, 2.45) is 0 Å². The van der Waals surface area contributed by atoms with Gasteiger partial charge in [-0.25, -0.2) is 0 Å². The van der Waals surface area contributed by atoms with Crippen LogP contribution in [0.3, 0.4) is 0 Å². The fourth-order valence-electron chi connectivity index (χ4n) is 3.14. The van der Waals surface area contributed by atoms with Gasteiger partial charge in [-0.05, 0) is 31.2 Å². The minimum Gasteiger partial charge on any atom is -0.467 e. The molecule has 1 atom stereocenters. The Labute approximate surface area is 170 Å². The summed E-state index contributed by atoms with van der Waals surface area (Å²) >= 11 is 1.26. The number of nitrogens with zero attached hydrogens (tertiary/aromatic N) is 4. The summed E-state index contributed by atoms with van der Waals surface area (Å²) in [5.74, 6) is 1.11. The minimum absolute atomic E-state index is 0.151. The maximum absolute atomic E-state index is 12.8. The molecule has 4 rings (SSSR count). The normalized spacial score (nSPS) is 12.3. The predicted molar refractivity (Wildman–Crippen MR) is 111 cm³/mol. The van der Waals surface area contributed by atoms with Crippen molar-refractivity contribution in [2.45, 2.75) is 24.7 Å². The number of amides is 1. The average Bonchev–Trinajstić information content (AvgIpc) is 3.40. The van der Waals surface area contributed by atoms with E-state index in [4.69, 9.17) is 4.42 Å². The number of thioether (sulfide) groups is 1. The fourth-order valence-corrected chi connectivity index (χ4v) is 3.89. The number of fused-ring (bicyclic) bond motifs is 3. The van der Waals surface area contributed by atoms with Crippen LogP contribution < -0.4 is 10.9 Å². The van der Waals surface area contributed by atoms with E-state index in [1.165, 1.54) is 16.3 Å². The summed E-state index contributed by atoms with van der Waals surface area (Å²) < 4.78 is 8.63. The number of furan rings is 1. The number of hydrogen-bond donors (Lipinski definition) is 1. The molecule has 9 heteroatoms. The molecule has 29 heavy (non-hydrogen) atoms. The van der Waals surface area contributed by atoms with Gasteiger partial charge >= 0.3 is 0 Å². The third-order valence-electron chi connectivity index (χ3n) is 4.47. The van der Waals surface area contributed by atoms with Gasteiger partial charge in [0.2, 0.25) is 11.7 Å². The van der Waals surface area contributed by atoms with Crippen LogP contribution in [0.2, 0.25) is 0 Å². The van der Waals surface area contributed by atoms with Crippen molar-refractivity contribution in [3.05, 3.63) is 71.4 Å². The van der Waals surface area contributed by atoms with Gasteiger partial charge in [0.15, 0.2) is 5.16 Å². The molecule has 3 aromatic heterocycles. The Hall–Kier alpha value is -3.33. The van der Waals surface area contributed by atoms with Gasteiger partial charge in [-0.1, -0.05) is 30.0 Å². The average molecular weight is 409 g/mol. The first-order valence-electron chi connectivity index (χ1n) is 9.03. The van der Waals surface area contributed by atoms with E-state index >= 15 is 0 Å². The van der Waals surface area contributed by atoms with E-state index < -0.39 is 0 Å². The molecule has 0 radical (unpaired) electrons. The largest absolute Gasteiger partial charge is 0.467 e. The highest BCUT2D eigenvalue weighted by molar-refractivity contribution is 7.99. The van der Waals surface area contributed by atoms with Crippen LogP contribution in [0.5, 0.6) is 0 Å². The second-order valence-electron chi connectivity index (χ2n) is 6.43. The zero-order chi connectivity index (χ0) is 20.4. The van der Waals surface area contributed by atoms with Gasteiger partial charge in [0, 0.05) is 6.54 Å².